The van der Waals surface area contributed by atoms with Gasteiger partial charge >= 0.3 is 0 Å². The molecule has 0 saturated carbocycles. The maximum Gasteiger partial charge on any atom is 0.0848 e. The second-order valence-electron chi connectivity index (χ2n) is 5.80. The maximum atomic E-state index is 6.11. The molecule has 3 heteroatoms. The van der Waals surface area contributed by atoms with Gasteiger partial charge in [-0.25, -0.2) is 0 Å². The van der Waals surface area contributed by atoms with Gasteiger partial charge in [0.05, 0.1) is 17.2 Å². The van der Waals surface area contributed by atoms with Gasteiger partial charge in [-0.2, -0.15) is 0 Å². The number of nitrogens with one attached hydrogen (secondary N) is 1. The molecule has 2 unspecified atom stereocenters. The Balaban J connectivity index is 1.98. The molecule has 0 bridgehead atoms. The molecule has 2 aromatic rings. The van der Waals surface area contributed by atoms with Crippen molar-refractivity contribution >= 4 is 10.9 Å². The molecular weight excluding hydrogens is 248 g/mol. The summed E-state index contributed by atoms with van der Waals surface area (Å²) in [5, 5.41) is 4.63. The molecule has 3 rings (SSSR count). The minimum atomic E-state index is -0.122. The lowest BCUT2D eigenvalue weighted by Gasteiger charge is -2.40. The van der Waals surface area contributed by atoms with Crippen molar-refractivity contribution in [1.82, 2.24) is 10.3 Å². The molecule has 1 aromatic heterocycles. The molecule has 1 aliphatic rings. The summed E-state index contributed by atoms with van der Waals surface area (Å²) in [6.45, 7) is 3.09. The van der Waals surface area contributed by atoms with E-state index in [9.17, 15) is 0 Å². The minimum Gasteiger partial charge on any atom is -0.373 e. The van der Waals surface area contributed by atoms with E-state index in [1.165, 1.54) is 23.8 Å². The number of nitrogens with zero attached hydrogens (tertiary/aromatic N) is 1. The standard InChI is InChI=1S/C17H22N2O/c1-17(9-3-4-11-20-17)16(18-2)14-7-8-15-13(12-14)6-5-10-19-15/h5-8,10,12,16,18H,3-4,9,11H2,1-2H3. The number of hydrogen-bond donors (Lipinski definition) is 1. The van der Waals surface area contributed by atoms with Gasteiger partial charge in [0.25, 0.3) is 0 Å². The molecule has 20 heavy (non-hydrogen) atoms. The lowest BCUT2D eigenvalue weighted by Crippen LogP contribution is -2.44. The predicted molar refractivity (Wildman–Crippen MR) is 81.8 cm³/mol. The third kappa shape index (κ3) is 2.43. The summed E-state index contributed by atoms with van der Waals surface area (Å²) in [4.78, 5) is 4.39. The molecule has 2 heterocycles. The van der Waals surface area contributed by atoms with Crippen LogP contribution in [0.5, 0.6) is 0 Å². The monoisotopic (exact) mass is 270 g/mol. The molecule has 1 fully saturated rings. The van der Waals surface area contributed by atoms with E-state index < -0.39 is 0 Å². The lowest BCUT2D eigenvalue weighted by molar-refractivity contribution is -0.0884. The lowest BCUT2D eigenvalue weighted by atomic mass is 9.84. The quantitative estimate of drug-likeness (QED) is 0.927. The SMILES string of the molecule is CNC(c1ccc2ncccc2c1)C1(C)CCCCO1. The van der Waals surface area contributed by atoms with Crippen molar-refractivity contribution in [3.63, 3.8) is 0 Å². The van der Waals surface area contributed by atoms with Crippen LogP contribution in [0.2, 0.25) is 0 Å². The van der Waals surface area contributed by atoms with Gasteiger partial charge in [0.1, 0.15) is 0 Å². The van der Waals surface area contributed by atoms with Crippen LogP contribution in [0, 0.1) is 0 Å². The first-order valence-corrected chi connectivity index (χ1v) is 7.39. The van der Waals surface area contributed by atoms with Crippen LogP contribution in [0.3, 0.4) is 0 Å². The Morgan fingerprint density at radius 2 is 2.20 bits per heavy atom. The molecular formula is C17H22N2O. The smallest absolute Gasteiger partial charge is 0.0848 e. The number of hydrogen-bond acceptors (Lipinski definition) is 3. The molecule has 0 radical (unpaired) electrons. The fourth-order valence-electron chi connectivity index (χ4n) is 3.28. The van der Waals surface area contributed by atoms with Crippen molar-refractivity contribution in [2.45, 2.75) is 37.8 Å². The Kier molecular flexibility index (Phi) is 3.72. The van der Waals surface area contributed by atoms with Crippen LogP contribution in [0.25, 0.3) is 10.9 Å². The van der Waals surface area contributed by atoms with Gasteiger partial charge in [0, 0.05) is 18.2 Å². The molecule has 0 aliphatic carbocycles. The molecule has 1 N–H and O–H groups in total. The van der Waals surface area contributed by atoms with Crippen molar-refractivity contribution in [2.75, 3.05) is 13.7 Å². The minimum absolute atomic E-state index is 0.122. The van der Waals surface area contributed by atoms with Gasteiger partial charge in [-0.3, -0.25) is 4.98 Å². The van der Waals surface area contributed by atoms with Crippen LogP contribution in [-0.4, -0.2) is 24.2 Å². The summed E-state index contributed by atoms with van der Waals surface area (Å²) < 4.78 is 6.11. The third-order valence-corrected chi connectivity index (χ3v) is 4.36. The first-order valence-electron chi connectivity index (χ1n) is 7.39. The first kappa shape index (κ1) is 13.5. The van der Waals surface area contributed by atoms with E-state index in [2.05, 4.69) is 41.5 Å². The Morgan fingerprint density at radius 1 is 1.30 bits per heavy atom. The van der Waals surface area contributed by atoms with Gasteiger partial charge in [-0.1, -0.05) is 12.1 Å². The van der Waals surface area contributed by atoms with E-state index in [0.29, 0.717) is 0 Å². The molecule has 0 amide bonds. The maximum absolute atomic E-state index is 6.11. The Bertz CT molecular complexity index is 590. The fourth-order valence-corrected chi connectivity index (χ4v) is 3.28. The highest BCUT2D eigenvalue weighted by Gasteiger charge is 2.36. The zero-order valence-electron chi connectivity index (χ0n) is 12.2. The zero-order chi connectivity index (χ0) is 14.0. The fraction of sp³-hybridized carbons (Fsp3) is 0.471. The Labute approximate surface area is 120 Å². The van der Waals surface area contributed by atoms with Crippen LogP contribution < -0.4 is 5.32 Å². The van der Waals surface area contributed by atoms with Crippen LogP contribution in [0.4, 0.5) is 0 Å². The van der Waals surface area contributed by atoms with Crippen LogP contribution >= 0.6 is 0 Å². The second-order valence-corrected chi connectivity index (χ2v) is 5.80. The second kappa shape index (κ2) is 5.51. The van der Waals surface area contributed by atoms with E-state index >= 15 is 0 Å². The Hall–Kier alpha value is -1.45. The van der Waals surface area contributed by atoms with Crippen LogP contribution in [0.1, 0.15) is 37.8 Å². The molecule has 1 saturated heterocycles. The van der Waals surface area contributed by atoms with Gasteiger partial charge in [-0.15, -0.1) is 0 Å². The number of likely N-dealkylation sites (N-methyl/N-ethyl adjacent to an activating group) is 1. The first-order chi connectivity index (χ1) is 9.73. The highest BCUT2D eigenvalue weighted by Crippen LogP contribution is 2.37. The molecule has 3 nitrogen and oxygen atoms in total. The number of fused-ring (bicyclic) bond motifs is 1. The number of benzene rings is 1. The van der Waals surface area contributed by atoms with Crippen molar-refractivity contribution in [3.05, 3.63) is 42.1 Å². The van der Waals surface area contributed by atoms with E-state index in [-0.39, 0.29) is 11.6 Å². The van der Waals surface area contributed by atoms with Gasteiger partial charge in [-0.05, 0) is 57.0 Å². The van der Waals surface area contributed by atoms with Gasteiger partial charge in [0.2, 0.25) is 0 Å². The zero-order valence-corrected chi connectivity index (χ0v) is 12.2. The summed E-state index contributed by atoms with van der Waals surface area (Å²) in [7, 11) is 2.02. The highest BCUT2D eigenvalue weighted by atomic mass is 16.5. The van der Waals surface area contributed by atoms with Gasteiger partial charge in [0.15, 0.2) is 0 Å². The normalized spacial score (nSPS) is 24.7. The molecule has 1 aromatic carbocycles. The van der Waals surface area contributed by atoms with Crippen molar-refractivity contribution in [3.8, 4) is 0 Å². The predicted octanol–water partition coefficient (Wildman–Crippen LogP) is 3.45. The highest BCUT2D eigenvalue weighted by molar-refractivity contribution is 5.79. The molecule has 0 spiro atoms. The van der Waals surface area contributed by atoms with Crippen molar-refractivity contribution in [2.24, 2.45) is 0 Å². The summed E-state index contributed by atoms with van der Waals surface area (Å²) >= 11 is 0. The summed E-state index contributed by atoms with van der Waals surface area (Å²) in [6, 6.07) is 10.8. The topological polar surface area (TPSA) is 34.2 Å². The average molecular weight is 270 g/mol. The van der Waals surface area contributed by atoms with E-state index in [0.717, 1.165) is 18.5 Å². The molecule has 106 valence electrons. The van der Waals surface area contributed by atoms with Crippen molar-refractivity contribution < 1.29 is 4.74 Å². The Morgan fingerprint density at radius 3 is 2.95 bits per heavy atom. The summed E-state index contributed by atoms with van der Waals surface area (Å²) in [6.07, 6.45) is 5.35. The number of pyridine rings is 1. The molecule has 2 atom stereocenters. The van der Waals surface area contributed by atoms with Gasteiger partial charge < -0.3 is 10.1 Å². The number of aromatic nitrogens is 1. The molecule has 1 aliphatic heterocycles. The van der Waals surface area contributed by atoms with E-state index in [1.54, 1.807) is 0 Å². The largest absolute Gasteiger partial charge is 0.373 e. The van der Waals surface area contributed by atoms with E-state index in [4.69, 9.17) is 4.74 Å². The van der Waals surface area contributed by atoms with Crippen LogP contribution in [-0.2, 0) is 4.74 Å². The third-order valence-electron chi connectivity index (χ3n) is 4.36. The number of rotatable bonds is 3. The summed E-state index contributed by atoms with van der Waals surface area (Å²) in [5.41, 5.74) is 2.20. The summed E-state index contributed by atoms with van der Waals surface area (Å²) in [5.74, 6) is 0. The van der Waals surface area contributed by atoms with E-state index in [1.807, 2.05) is 19.3 Å². The number of ether oxygens (including phenoxy) is 1. The van der Waals surface area contributed by atoms with Crippen LogP contribution in [0.15, 0.2) is 36.5 Å². The van der Waals surface area contributed by atoms with Crippen molar-refractivity contribution in [1.29, 1.82) is 0 Å². The average Bonchev–Trinajstić information content (AvgIpc) is 2.48.